The average molecular weight is 499 g/mol. The first-order chi connectivity index (χ1) is 17.4. The highest BCUT2D eigenvalue weighted by Crippen LogP contribution is 2.35. The molecule has 1 amide bonds. The molecule has 0 atom stereocenters. The summed E-state index contributed by atoms with van der Waals surface area (Å²) >= 11 is 0. The number of ether oxygens (including phenoxy) is 2. The second kappa shape index (κ2) is 9.60. The van der Waals surface area contributed by atoms with Crippen LogP contribution < -0.4 is 15.0 Å². The van der Waals surface area contributed by atoms with Crippen LogP contribution in [0.1, 0.15) is 29.6 Å². The van der Waals surface area contributed by atoms with E-state index < -0.39 is 25.1 Å². The number of nitrogens with zero attached hydrogens (tertiary/aromatic N) is 3. The van der Waals surface area contributed by atoms with Crippen molar-refractivity contribution >= 4 is 27.6 Å². The monoisotopic (exact) mass is 499 g/mol. The fraction of sp³-hybridized carbons (Fsp3) is 0.308. The predicted octanol–water partition coefficient (Wildman–Crippen LogP) is 4.86. The van der Waals surface area contributed by atoms with E-state index in [0.717, 1.165) is 19.3 Å². The van der Waals surface area contributed by atoms with Crippen LogP contribution in [0.2, 0.25) is 0 Å². The Morgan fingerprint density at radius 3 is 2.28 bits per heavy atom. The Morgan fingerprint density at radius 1 is 0.944 bits per heavy atom. The summed E-state index contributed by atoms with van der Waals surface area (Å²) in [5.41, 5.74) is 0.401. The third-order valence-electron chi connectivity index (χ3n) is 6.58. The van der Waals surface area contributed by atoms with Gasteiger partial charge in [-0.05, 0) is 49.6 Å². The van der Waals surface area contributed by atoms with Gasteiger partial charge < -0.3 is 18.9 Å². The minimum absolute atomic E-state index is 0.0286. The number of hydrogen-bond donors (Lipinski definition) is 0. The minimum atomic E-state index is -1.23. The lowest BCUT2D eigenvalue weighted by Gasteiger charge is -2.27. The molecule has 36 heavy (non-hydrogen) atoms. The maximum absolute atomic E-state index is 14.6. The molecule has 0 bridgehead atoms. The molecule has 0 aliphatic carbocycles. The fourth-order valence-electron chi connectivity index (χ4n) is 4.82. The molecule has 4 aromatic rings. The molecule has 10 heteroatoms. The van der Waals surface area contributed by atoms with Crippen LogP contribution in [0.5, 0.6) is 11.5 Å². The molecule has 0 N–H and O–H groups in total. The van der Waals surface area contributed by atoms with Crippen LogP contribution in [0.15, 0.2) is 47.5 Å². The molecule has 1 aliphatic heterocycles. The summed E-state index contributed by atoms with van der Waals surface area (Å²) in [5.74, 6) is -1.19. The molecule has 0 spiro atoms. The summed E-state index contributed by atoms with van der Waals surface area (Å²) < 4.78 is 53.6. The molecule has 5 rings (SSSR count). The highest BCUT2D eigenvalue weighted by Gasteiger charge is 2.25. The van der Waals surface area contributed by atoms with Gasteiger partial charge in [-0.25, -0.2) is 13.2 Å². The summed E-state index contributed by atoms with van der Waals surface area (Å²) in [7, 11) is 1.76. The van der Waals surface area contributed by atoms with Gasteiger partial charge in [-0.3, -0.25) is 14.2 Å². The number of likely N-dealkylation sites (tertiary alicyclic amines) is 1. The number of pyridine rings is 1. The number of piperidine rings is 1. The molecule has 2 aromatic carbocycles. The Kier molecular flexibility index (Phi) is 6.34. The van der Waals surface area contributed by atoms with Crippen molar-refractivity contribution in [3.05, 3.63) is 64.5 Å². The number of hydrogen-bond acceptors (Lipinski definition) is 4. The van der Waals surface area contributed by atoms with Gasteiger partial charge in [-0.1, -0.05) is 0 Å². The molecular weight excluding hydrogens is 475 g/mol. The molecule has 188 valence electrons. The number of aromatic nitrogens is 2. The topological polar surface area (TPSA) is 65.7 Å². The molecule has 2 aromatic heterocycles. The zero-order valence-electron chi connectivity index (χ0n) is 19.6. The van der Waals surface area contributed by atoms with Gasteiger partial charge in [0.2, 0.25) is 13.7 Å². The van der Waals surface area contributed by atoms with Crippen LogP contribution in [0, 0.1) is 5.82 Å². The highest BCUT2D eigenvalue weighted by atomic mass is 19.1. The number of halogens is 3. The van der Waals surface area contributed by atoms with E-state index in [-0.39, 0.29) is 39.4 Å². The van der Waals surface area contributed by atoms with Gasteiger partial charge in [-0.15, -0.1) is 0 Å². The van der Waals surface area contributed by atoms with Crippen molar-refractivity contribution in [3.8, 4) is 17.2 Å². The van der Waals surface area contributed by atoms with E-state index in [0.29, 0.717) is 24.0 Å². The summed E-state index contributed by atoms with van der Waals surface area (Å²) in [6.45, 7) is -1.34. The third kappa shape index (κ3) is 4.06. The van der Waals surface area contributed by atoms with Crippen LogP contribution in [0.3, 0.4) is 0 Å². The normalized spacial score (nSPS) is 13.9. The molecular formula is C26H24F3N3O4. The zero-order chi connectivity index (χ0) is 25.4. The van der Waals surface area contributed by atoms with Crippen molar-refractivity contribution in [1.82, 2.24) is 14.0 Å². The Bertz CT molecular complexity index is 1520. The lowest BCUT2D eigenvalue weighted by Crippen LogP contribution is -2.36. The highest BCUT2D eigenvalue weighted by molar-refractivity contribution is 6.07. The van der Waals surface area contributed by atoms with Gasteiger partial charge in [0.25, 0.3) is 11.5 Å². The van der Waals surface area contributed by atoms with E-state index >= 15 is 0 Å². The maximum Gasteiger partial charge on any atom is 0.263 e. The van der Waals surface area contributed by atoms with E-state index in [1.54, 1.807) is 28.8 Å². The maximum atomic E-state index is 14.6. The van der Waals surface area contributed by atoms with Crippen LogP contribution >= 0.6 is 0 Å². The SMILES string of the molecule is Cn1ccc2c(-n3cc(C(=O)N4CCCCC4)c4cc(OCF)c(OCF)cc4c3=O)cc(F)cc21. The van der Waals surface area contributed by atoms with Crippen LogP contribution in [-0.4, -0.2) is 46.8 Å². The van der Waals surface area contributed by atoms with Gasteiger partial charge in [0, 0.05) is 43.3 Å². The molecule has 0 radical (unpaired) electrons. The summed E-state index contributed by atoms with van der Waals surface area (Å²) in [6, 6.07) is 6.88. The largest absolute Gasteiger partial charge is 0.459 e. The third-order valence-corrected chi connectivity index (χ3v) is 6.58. The van der Waals surface area contributed by atoms with Crippen LogP contribution in [0.25, 0.3) is 27.4 Å². The van der Waals surface area contributed by atoms with Crippen molar-refractivity contribution in [2.45, 2.75) is 19.3 Å². The number of benzene rings is 2. The quantitative estimate of drug-likeness (QED) is 0.380. The second-order valence-electron chi connectivity index (χ2n) is 8.71. The number of carbonyl (C=O) groups excluding carboxylic acids is 1. The van der Waals surface area contributed by atoms with Gasteiger partial charge >= 0.3 is 0 Å². The lowest BCUT2D eigenvalue weighted by atomic mass is 10.0. The molecule has 1 aliphatic rings. The standard InChI is InChI=1S/C26H24F3N3O4/c1-30-8-5-17-21(30)9-16(29)10-22(17)32-13-20(25(33)31-6-3-2-4-7-31)18-11-23(35-14-27)24(36-15-28)12-19(18)26(32)34/h5,8-13H,2-4,6-7,14-15H2,1H3. The predicted molar refractivity (Wildman–Crippen MR) is 129 cm³/mol. The van der Waals surface area contributed by atoms with E-state index in [4.69, 9.17) is 9.47 Å². The average Bonchev–Trinajstić information content (AvgIpc) is 3.25. The molecule has 3 heterocycles. The van der Waals surface area contributed by atoms with Gasteiger partial charge in [0.05, 0.1) is 22.2 Å². The van der Waals surface area contributed by atoms with E-state index in [1.807, 2.05) is 0 Å². The van der Waals surface area contributed by atoms with E-state index in [9.17, 15) is 22.8 Å². The fourth-order valence-corrected chi connectivity index (χ4v) is 4.82. The van der Waals surface area contributed by atoms with Gasteiger partial charge in [0.1, 0.15) is 5.82 Å². The van der Waals surface area contributed by atoms with E-state index in [1.165, 1.54) is 35.0 Å². The first kappa shape index (κ1) is 23.8. The zero-order valence-corrected chi connectivity index (χ0v) is 19.6. The second-order valence-corrected chi connectivity index (χ2v) is 8.71. The number of fused-ring (bicyclic) bond motifs is 2. The number of amides is 1. The van der Waals surface area contributed by atoms with Crippen molar-refractivity contribution in [2.24, 2.45) is 7.05 Å². The molecule has 7 nitrogen and oxygen atoms in total. The minimum Gasteiger partial charge on any atom is -0.459 e. The number of alkyl halides is 2. The molecule has 0 saturated carbocycles. The molecule has 0 unspecified atom stereocenters. The molecule has 1 saturated heterocycles. The first-order valence-electron chi connectivity index (χ1n) is 11.6. The van der Waals surface area contributed by atoms with Crippen LogP contribution in [0.4, 0.5) is 13.2 Å². The first-order valence-corrected chi connectivity index (χ1v) is 11.6. The van der Waals surface area contributed by atoms with Crippen molar-refractivity contribution in [1.29, 1.82) is 0 Å². The van der Waals surface area contributed by atoms with Gasteiger partial charge in [-0.2, -0.15) is 0 Å². The number of rotatable bonds is 6. The molecule has 1 fully saturated rings. The van der Waals surface area contributed by atoms with Crippen molar-refractivity contribution < 1.29 is 27.4 Å². The van der Waals surface area contributed by atoms with E-state index in [2.05, 4.69) is 0 Å². The summed E-state index contributed by atoms with van der Waals surface area (Å²) in [4.78, 5) is 29.1. The summed E-state index contributed by atoms with van der Waals surface area (Å²) in [5, 5.41) is 0.845. The summed E-state index contributed by atoms with van der Waals surface area (Å²) in [6.07, 6.45) is 5.84. The van der Waals surface area contributed by atoms with Gasteiger partial charge in [0.15, 0.2) is 11.5 Å². The smallest absolute Gasteiger partial charge is 0.263 e. The van der Waals surface area contributed by atoms with Crippen LogP contribution in [-0.2, 0) is 7.05 Å². The van der Waals surface area contributed by atoms with Crippen molar-refractivity contribution in [3.63, 3.8) is 0 Å². The Balaban J connectivity index is 1.83. The number of aryl methyl sites for hydroxylation is 1. The number of carbonyl (C=O) groups is 1. The Labute approximate surface area is 204 Å². The Hall–Kier alpha value is -3.95. The van der Waals surface area contributed by atoms with Crippen molar-refractivity contribution in [2.75, 3.05) is 26.8 Å². The lowest BCUT2D eigenvalue weighted by molar-refractivity contribution is 0.0725. The Morgan fingerprint density at radius 2 is 1.61 bits per heavy atom.